The Bertz CT molecular complexity index is 483. The average Bonchev–Trinajstić information content (AvgIpc) is 2.15. The van der Waals surface area contributed by atoms with E-state index in [0.717, 1.165) is 5.69 Å². The number of benzene rings is 1. The van der Waals surface area contributed by atoms with Crippen LogP contribution in [0.5, 0.6) is 0 Å². The summed E-state index contributed by atoms with van der Waals surface area (Å²) in [5, 5.41) is 3.44. The van der Waals surface area contributed by atoms with Gasteiger partial charge in [-0.15, -0.1) is 0 Å². The first-order valence-electron chi connectivity index (χ1n) is 4.85. The van der Waals surface area contributed by atoms with Gasteiger partial charge in [-0.2, -0.15) is 4.99 Å². The number of hydrogen-bond donors (Lipinski definition) is 3. The molecule has 0 bridgehead atoms. The topological polar surface area (TPSA) is 79.4 Å². The molecule has 1 aromatic rings. The standard InChI is InChI=1S/C10H12ClN5.ClH/c1-6-14-9(12)15-10(13)16(6)8-4-2-3-7(11)5-8;/h2-6H,1H3,(H4,12,13,14,15);1H. The fourth-order valence-corrected chi connectivity index (χ4v) is 1.85. The highest BCUT2D eigenvalue weighted by Gasteiger charge is 2.23. The molecule has 0 spiro atoms. The largest absolute Gasteiger partial charge is 1.00 e. The van der Waals surface area contributed by atoms with Gasteiger partial charge in [0.25, 0.3) is 5.96 Å². The number of halogens is 2. The lowest BCUT2D eigenvalue weighted by Gasteiger charge is -2.19. The van der Waals surface area contributed by atoms with E-state index in [1.807, 2.05) is 29.7 Å². The summed E-state index contributed by atoms with van der Waals surface area (Å²) in [7, 11) is 0. The van der Waals surface area contributed by atoms with E-state index in [1.54, 1.807) is 6.07 Å². The van der Waals surface area contributed by atoms with Crippen molar-refractivity contribution >= 4 is 29.2 Å². The van der Waals surface area contributed by atoms with Gasteiger partial charge in [0.15, 0.2) is 6.17 Å². The van der Waals surface area contributed by atoms with Crippen molar-refractivity contribution in [2.45, 2.75) is 13.1 Å². The maximum atomic E-state index is 5.93. The summed E-state index contributed by atoms with van der Waals surface area (Å²) >= 11 is 5.93. The van der Waals surface area contributed by atoms with Gasteiger partial charge in [0, 0.05) is 5.02 Å². The van der Waals surface area contributed by atoms with E-state index in [2.05, 4.69) is 10.3 Å². The normalized spacial score (nSPS) is 19.2. The van der Waals surface area contributed by atoms with E-state index in [9.17, 15) is 0 Å². The van der Waals surface area contributed by atoms with Crippen molar-refractivity contribution in [2.24, 2.45) is 16.5 Å². The zero-order valence-corrected chi connectivity index (χ0v) is 10.7. The molecule has 7 heteroatoms. The van der Waals surface area contributed by atoms with E-state index in [4.69, 9.17) is 23.1 Å². The number of nitrogens with one attached hydrogen (secondary N) is 1. The van der Waals surface area contributed by atoms with Crippen LogP contribution >= 0.6 is 11.6 Å². The van der Waals surface area contributed by atoms with Gasteiger partial charge in [0.2, 0.25) is 0 Å². The van der Waals surface area contributed by atoms with Crippen LogP contribution in [0.1, 0.15) is 6.92 Å². The van der Waals surface area contributed by atoms with Gasteiger partial charge in [-0.1, -0.05) is 17.7 Å². The zero-order valence-electron chi connectivity index (χ0n) is 9.19. The summed E-state index contributed by atoms with van der Waals surface area (Å²) in [4.78, 5) is 4.19. The molecule has 1 atom stereocenters. The average molecular weight is 274 g/mol. The lowest BCUT2D eigenvalue weighted by Crippen LogP contribution is -3.00. The summed E-state index contributed by atoms with van der Waals surface area (Å²) in [6.45, 7) is 1.90. The smallest absolute Gasteiger partial charge is 0.357 e. The van der Waals surface area contributed by atoms with Gasteiger partial charge in [-0.05, 0) is 25.1 Å². The molecule has 0 fully saturated rings. The molecule has 2 rings (SSSR count). The molecule has 1 unspecified atom stereocenters. The predicted octanol–water partition coefficient (Wildman–Crippen LogP) is -2.43. The zero-order chi connectivity index (χ0) is 11.7. The molecular weight excluding hydrogens is 261 g/mol. The lowest BCUT2D eigenvalue weighted by atomic mass is 10.3. The van der Waals surface area contributed by atoms with Crippen LogP contribution in [0.4, 0.5) is 5.69 Å². The number of rotatable bonds is 1. The molecule has 1 aliphatic rings. The van der Waals surface area contributed by atoms with Crippen LogP contribution in [0.3, 0.4) is 0 Å². The van der Waals surface area contributed by atoms with Crippen molar-refractivity contribution in [1.29, 1.82) is 0 Å². The van der Waals surface area contributed by atoms with Crippen LogP contribution in [0.15, 0.2) is 29.3 Å². The Morgan fingerprint density at radius 2 is 2.12 bits per heavy atom. The fraction of sp³-hybridized carbons (Fsp3) is 0.200. The van der Waals surface area contributed by atoms with E-state index in [1.165, 1.54) is 0 Å². The first kappa shape index (κ1) is 13.6. The second-order valence-electron chi connectivity index (χ2n) is 3.51. The summed E-state index contributed by atoms with van der Waals surface area (Å²) in [5.41, 5.74) is 12.3. The number of nitrogens with zero attached hydrogens (tertiary/aromatic N) is 2. The Kier molecular flexibility index (Phi) is 4.20. The maximum absolute atomic E-state index is 5.93. The Hall–Kier alpha value is -1.46. The minimum absolute atomic E-state index is 0. The first-order valence-corrected chi connectivity index (χ1v) is 5.23. The van der Waals surface area contributed by atoms with E-state index < -0.39 is 0 Å². The molecule has 0 saturated heterocycles. The van der Waals surface area contributed by atoms with Crippen LogP contribution < -0.4 is 29.2 Å². The van der Waals surface area contributed by atoms with Gasteiger partial charge in [0.05, 0.1) is 0 Å². The highest BCUT2D eigenvalue weighted by atomic mass is 35.5. The molecule has 0 saturated carbocycles. The van der Waals surface area contributed by atoms with Gasteiger partial charge >= 0.3 is 5.96 Å². The van der Waals surface area contributed by atoms with Crippen LogP contribution in [0, 0.1) is 0 Å². The number of aliphatic imine (C=N–C) groups is 1. The van der Waals surface area contributed by atoms with Crippen molar-refractivity contribution in [3.05, 3.63) is 29.3 Å². The number of hydrogen-bond acceptors (Lipinski definition) is 4. The minimum atomic E-state index is -0.153. The molecule has 0 radical (unpaired) electrons. The quantitative estimate of drug-likeness (QED) is 0.498. The molecule has 1 aliphatic heterocycles. The second kappa shape index (κ2) is 5.25. The molecule has 92 valence electrons. The molecule has 0 aromatic heterocycles. The second-order valence-corrected chi connectivity index (χ2v) is 3.94. The van der Waals surface area contributed by atoms with Gasteiger partial charge in [-0.25, -0.2) is 9.89 Å². The molecular formula is C10H13Cl2N5. The SMILES string of the molecule is CC1N=C(N)NC(N)=[N+]1c1cccc(Cl)c1.[Cl-]. The first-order chi connectivity index (χ1) is 7.58. The minimum Gasteiger partial charge on any atom is -1.00 e. The van der Waals surface area contributed by atoms with E-state index >= 15 is 0 Å². The molecule has 1 aromatic carbocycles. The van der Waals surface area contributed by atoms with Gasteiger partial charge < -0.3 is 18.1 Å². The van der Waals surface area contributed by atoms with Crippen LogP contribution in [-0.2, 0) is 0 Å². The fourth-order valence-electron chi connectivity index (χ4n) is 1.66. The summed E-state index contributed by atoms with van der Waals surface area (Å²) in [6.07, 6.45) is -0.153. The van der Waals surface area contributed by atoms with Crippen molar-refractivity contribution in [3.8, 4) is 0 Å². The molecule has 17 heavy (non-hydrogen) atoms. The predicted molar refractivity (Wildman–Crippen MR) is 64.8 cm³/mol. The third-order valence-corrected chi connectivity index (χ3v) is 2.54. The van der Waals surface area contributed by atoms with Gasteiger partial charge in [-0.3, -0.25) is 5.73 Å². The lowest BCUT2D eigenvalue weighted by molar-refractivity contribution is -0.482. The summed E-state index contributed by atoms with van der Waals surface area (Å²) < 4.78 is 1.82. The molecule has 5 N–H and O–H groups in total. The summed E-state index contributed by atoms with van der Waals surface area (Å²) in [5.74, 6) is 0.769. The van der Waals surface area contributed by atoms with Crippen molar-refractivity contribution in [1.82, 2.24) is 5.32 Å². The van der Waals surface area contributed by atoms with Gasteiger partial charge in [0.1, 0.15) is 5.69 Å². The van der Waals surface area contributed by atoms with Crippen molar-refractivity contribution in [3.63, 3.8) is 0 Å². The third-order valence-electron chi connectivity index (χ3n) is 2.30. The Morgan fingerprint density at radius 3 is 2.71 bits per heavy atom. The van der Waals surface area contributed by atoms with Crippen LogP contribution in [0.25, 0.3) is 0 Å². The molecule has 1 heterocycles. The molecule has 0 amide bonds. The summed E-state index contributed by atoms with van der Waals surface area (Å²) in [6, 6.07) is 7.40. The Labute approximate surface area is 111 Å². The van der Waals surface area contributed by atoms with Crippen molar-refractivity contribution < 1.29 is 17.0 Å². The van der Waals surface area contributed by atoms with Crippen molar-refractivity contribution in [2.75, 3.05) is 0 Å². The van der Waals surface area contributed by atoms with E-state index in [0.29, 0.717) is 16.9 Å². The number of nitrogens with two attached hydrogens (primary N) is 2. The Balaban J connectivity index is 0.00000144. The maximum Gasteiger partial charge on any atom is 0.357 e. The highest BCUT2D eigenvalue weighted by molar-refractivity contribution is 6.30. The molecule has 0 aliphatic carbocycles. The highest BCUT2D eigenvalue weighted by Crippen LogP contribution is 2.20. The Morgan fingerprint density at radius 1 is 1.41 bits per heavy atom. The number of guanidine groups is 2. The monoisotopic (exact) mass is 273 g/mol. The third kappa shape index (κ3) is 2.81. The molecule has 5 nitrogen and oxygen atoms in total. The van der Waals surface area contributed by atoms with E-state index in [-0.39, 0.29) is 18.6 Å². The van der Waals surface area contributed by atoms with Crippen LogP contribution in [0.2, 0.25) is 5.02 Å². The van der Waals surface area contributed by atoms with Crippen LogP contribution in [-0.4, -0.2) is 22.7 Å².